The molecule has 0 amide bonds. The smallest absolute Gasteiger partial charge is 0.311 e. The van der Waals surface area contributed by atoms with E-state index in [0.29, 0.717) is 0 Å². The van der Waals surface area contributed by atoms with E-state index < -0.39 is 11.4 Å². The Bertz CT molecular complexity index is 776. The number of aromatic amines is 1. The van der Waals surface area contributed by atoms with Crippen molar-refractivity contribution in [1.29, 1.82) is 0 Å². The zero-order chi connectivity index (χ0) is 16.2. The van der Waals surface area contributed by atoms with Gasteiger partial charge in [0.25, 0.3) is 0 Å². The van der Waals surface area contributed by atoms with Crippen molar-refractivity contribution in [3.63, 3.8) is 0 Å². The molecule has 2 heterocycles. The number of hydrogen-bond donors (Lipinski definition) is 2. The lowest BCUT2D eigenvalue weighted by atomic mass is 9.61. The number of hydrogen-bond acceptors (Lipinski definition) is 3. The number of carboxylic acids is 1. The molecule has 1 unspecified atom stereocenters. The van der Waals surface area contributed by atoms with Gasteiger partial charge in [-0.2, -0.15) is 0 Å². The van der Waals surface area contributed by atoms with Crippen LogP contribution in [-0.4, -0.2) is 41.7 Å². The number of carbonyl (C=O) groups is 1. The molecule has 2 aliphatic rings. The predicted octanol–water partition coefficient (Wildman–Crippen LogP) is 2.96. The van der Waals surface area contributed by atoms with Gasteiger partial charge in [0.15, 0.2) is 0 Å². The number of nitrogens with one attached hydrogen (secondary N) is 1. The Kier molecular flexibility index (Phi) is 3.17. The molecule has 0 radical (unpaired) electrons. The largest absolute Gasteiger partial charge is 0.497 e. The molecule has 5 nitrogen and oxygen atoms in total. The molecule has 2 N–H and O–H groups in total. The Hall–Kier alpha value is -2.01. The third-order valence-electron chi connectivity index (χ3n) is 5.77. The van der Waals surface area contributed by atoms with Crippen LogP contribution in [0.25, 0.3) is 10.9 Å². The van der Waals surface area contributed by atoms with Crippen LogP contribution in [0.5, 0.6) is 5.75 Å². The molecule has 0 bridgehead atoms. The molecule has 1 aliphatic carbocycles. The van der Waals surface area contributed by atoms with Gasteiger partial charge in [-0.3, -0.25) is 9.69 Å². The minimum Gasteiger partial charge on any atom is -0.497 e. The normalized spacial score (nSPS) is 23.3. The highest BCUT2D eigenvalue weighted by atomic mass is 16.5. The lowest BCUT2D eigenvalue weighted by Gasteiger charge is -2.49. The summed E-state index contributed by atoms with van der Waals surface area (Å²) in [5.74, 6) is 0.177. The highest BCUT2D eigenvalue weighted by molar-refractivity contribution is 5.87. The number of ether oxygens (including phenoxy) is 1. The molecule has 2 aromatic rings. The van der Waals surface area contributed by atoms with E-state index in [9.17, 15) is 9.90 Å². The van der Waals surface area contributed by atoms with E-state index >= 15 is 0 Å². The van der Waals surface area contributed by atoms with Crippen LogP contribution in [-0.2, 0) is 11.2 Å². The maximum Gasteiger partial charge on any atom is 0.311 e. The molecule has 1 aliphatic heterocycles. The molecule has 23 heavy (non-hydrogen) atoms. The fourth-order valence-electron chi connectivity index (χ4n) is 4.38. The predicted molar refractivity (Wildman–Crippen MR) is 87.8 cm³/mol. The first-order valence-electron chi connectivity index (χ1n) is 8.19. The summed E-state index contributed by atoms with van der Waals surface area (Å²) in [6.07, 6.45) is 3.45. The zero-order valence-corrected chi connectivity index (χ0v) is 13.6. The second-order valence-electron chi connectivity index (χ2n) is 6.88. The van der Waals surface area contributed by atoms with Gasteiger partial charge in [-0.25, -0.2) is 0 Å². The van der Waals surface area contributed by atoms with Crippen LogP contribution >= 0.6 is 0 Å². The first-order valence-corrected chi connectivity index (χ1v) is 8.19. The van der Waals surface area contributed by atoms with Crippen molar-refractivity contribution >= 4 is 16.9 Å². The van der Waals surface area contributed by atoms with Crippen molar-refractivity contribution in [1.82, 2.24) is 9.88 Å². The van der Waals surface area contributed by atoms with E-state index in [2.05, 4.69) is 16.0 Å². The Balaban J connectivity index is 1.89. The summed E-state index contributed by atoms with van der Waals surface area (Å²) in [6.45, 7) is 0.886. The van der Waals surface area contributed by atoms with Crippen molar-refractivity contribution < 1.29 is 14.6 Å². The van der Waals surface area contributed by atoms with Gasteiger partial charge in [0, 0.05) is 23.1 Å². The van der Waals surface area contributed by atoms with Crippen molar-refractivity contribution in [2.45, 2.75) is 31.7 Å². The van der Waals surface area contributed by atoms with Gasteiger partial charge in [0.1, 0.15) is 5.75 Å². The number of likely N-dealkylation sites (N-methyl/N-ethyl adjacent to an activating group) is 1. The van der Waals surface area contributed by atoms with Gasteiger partial charge in [-0.05, 0) is 50.1 Å². The number of fused-ring (bicyclic) bond motifs is 3. The Morgan fingerprint density at radius 1 is 1.43 bits per heavy atom. The molecule has 0 spiro atoms. The number of nitrogens with zero attached hydrogens (tertiary/aromatic N) is 1. The van der Waals surface area contributed by atoms with E-state index in [4.69, 9.17) is 4.74 Å². The molecule has 1 fully saturated rings. The third-order valence-corrected chi connectivity index (χ3v) is 5.77. The van der Waals surface area contributed by atoms with Crippen LogP contribution in [0.2, 0.25) is 0 Å². The van der Waals surface area contributed by atoms with Gasteiger partial charge >= 0.3 is 5.97 Å². The van der Waals surface area contributed by atoms with Gasteiger partial charge < -0.3 is 14.8 Å². The molecule has 1 saturated carbocycles. The fourth-order valence-corrected chi connectivity index (χ4v) is 4.38. The van der Waals surface area contributed by atoms with Crippen molar-refractivity contribution in [3.05, 3.63) is 29.5 Å². The summed E-state index contributed by atoms with van der Waals surface area (Å²) in [5, 5.41) is 11.0. The number of rotatable bonds is 3. The Labute approximate surface area is 135 Å². The molecule has 122 valence electrons. The summed E-state index contributed by atoms with van der Waals surface area (Å²) in [6, 6.07) is 5.95. The summed E-state index contributed by atoms with van der Waals surface area (Å²) in [5.41, 5.74) is 2.77. The summed E-state index contributed by atoms with van der Waals surface area (Å²) in [4.78, 5) is 17.7. The van der Waals surface area contributed by atoms with Crippen LogP contribution in [0.15, 0.2) is 18.2 Å². The van der Waals surface area contributed by atoms with Crippen molar-refractivity contribution in [3.8, 4) is 5.75 Å². The lowest BCUT2D eigenvalue weighted by molar-refractivity contribution is -0.162. The van der Waals surface area contributed by atoms with Crippen LogP contribution in [0.1, 0.15) is 36.6 Å². The maximum absolute atomic E-state index is 12.0. The van der Waals surface area contributed by atoms with Gasteiger partial charge in [0.2, 0.25) is 0 Å². The highest BCUT2D eigenvalue weighted by Gasteiger charge is 2.54. The average molecular weight is 314 g/mol. The molecule has 0 saturated heterocycles. The number of aliphatic carboxylic acids is 1. The second-order valence-corrected chi connectivity index (χ2v) is 6.88. The van der Waals surface area contributed by atoms with E-state index in [1.807, 2.05) is 19.2 Å². The van der Waals surface area contributed by atoms with Crippen molar-refractivity contribution in [2.75, 3.05) is 20.7 Å². The molecule has 5 heteroatoms. The number of methoxy groups -OCH3 is 1. The number of H-pyrrole nitrogens is 1. The van der Waals surface area contributed by atoms with Gasteiger partial charge in [-0.1, -0.05) is 6.42 Å². The number of benzene rings is 1. The second kappa shape index (κ2) is 4.99. The molecule has 1 atom stereocenters. The Morgan fingerprint density at radius 3 is 2.83 bits per heavy atom. The quantitative estimate of drug-likeness (QED) is 0.914. The summed E-state index contributed by atoms with van der Waals surface area (Å²) < 4.78 is 5.35. The van der Waals surface area contributed by atoms with Crippen molar-refractivity contribution in [2.24, 2.45) is 5.41 Å². The molecule has 1 aromatic heterocycles. The standard InChI is InChI=1S/C18H22N2O3/c1-20-9-6-12-13-10-11(23-2)4-5-14(13)19-15(12)16(20)18(17(21)22)7-3-8-18/h4-5,10,16,19H,3,6-9H2,1-2H3,(H,21,22). The third kappa shape index (κ3) is 1.92. The van der Waals surface area contributed by atoms with Crippen LogP contribution in [0.3, 0.4) is 0 Å². The van der Waals surface area contributed by atoms with E-state index in [1.54, 1.807) is 7.11 Å². The number of carboxylic acid groups (broad SMARTS) is 1. The Morgan fingerprint density at radius 2 is 2.22 bits per heavy atom. The number of aromatic nitrogens is 1. The highest BCUT2D eigenvalue weighted by Crippen LogP contribution is 2.55. The molecular weight excluding hydrogens is 292 g/mol. The zero-order valence-electron chi connectivity index (χ0n) is 13.6. The van der Waals surface area contributed by atoms with Gasteiger partial charge in [-0.15, -0.1) is 0 Å². The van der Waals surface area contributed by atoms with E-state index in [-0.39, 0.29) is 6.04 Å². The fraction of sp³-hybridized carbons (Fsp3) is 0.500. The summed E-state index contributed by atoms with van der Waals surface area (Å²) >= 11 is 0. The first kappa shape index (κ1) is 14.6. The molecular formula is C18H22N2O3. The topological polar surface area (TPSA) is 65.6 Å². The minimum absolute atomic E-state index is 0.0732. The molecule has 1 aromatic carbocycles. The van der Waals surface area contributed by atoms with Crippen LogP contribution in [0.4, 0.5) is 0 Å². The monoisotopic (exact) mass is 314 g/mol. The SMILES string of the molecule is COc1ccc2[nH]c3c(c2c1)CCN(C)C3C1(C(=O)O)CCC1. The van der Waals surface area contributed by atoms with Crippen LogP contribution < -0.4 is 4.74 Å². The van der Waals surface area contributed by atoms with Crippen LogP contribution in [0, 0.1) is 5.41 Å². The average Bonchev–Trinajstić information content (AvgIpc) is 2.85. The lowest BCUT2D eigenvalue weighted by Crippen LogP contribution is -2.51. The van der Waals surface area contributed by atoms with Gasteiger partial charge in [0.05, 0.1) is 18.6 Å². The molecule has 4 rings (SSSR count). The summed E-state index contributed by atoms with van der Waals surface area (Å²) in [7, 11) is 3.72. The first-order chi connectivity index (χ1) is 11.1. The minimum atomic E-state index is -0.662. The maximum atomic E-state index is 12.0. The van der Waals surface area contributed by atoms with E-state index in [1.165, 1.54) is 5.56 Å². The van der Waals surface area contributed by atoms with E-state index in [0.717, 1.165) is 54.6 Å².